The van der Waals surface area contributed by atoms with Gasteiger partial charge >= 0.3 is 0 Å². The number of hydrogen-bond acceptors (Lipinski definition) is 3. The van der Waals surface area contributed by atoms with Crippen LogP contribution >= 0.6 is 0 Å². The zero-order valence-corrected chi connectivity index (χ0v) is 34.3. The Balaban J connectivity index is 1.23. The number of nitrogens with zero attached hydrogens (tertiary/aromatic N) is 3. The average Bonchev–Trinajstić information content (AvgIpc) is 3.72. The average molecular weight is 773 g/mol. The molecule has 0 aliphatic heterocycles. The highest BCUT2D eigenvalue weighted by Crippen LogP contribution is 2.39. The van der Waals surface area contributed by atoms with Gasteiger partial charge < -0.3 is 0 Å². The van der Waals surface area contributed by atoms with Gasteiger partial charge in [-0.15, -0.1) is 21.9 Å². The summed E-state index contributed by atoms with van der Waals surface area (Å²) in [6.07, 6.45) is 0.113. The Kier molecular flexibility index (Phi) is 11.3. The van der Waals surface area contributed by atoms with Gasteiger partial charge in [-0.25, -0.2) is 15.0 Å². The molecule has 7 aromatic carbocycles. The van der Waals surface area contributed by atoms with E-state index < -0.39 is 0 Å². The monoisotopic (exact) mass is 775 g/mol. The van der Waals surface area contributed by atoms with Crippen molar-refractivity contribution >= 4 is 200 Å². The summed E-state index contributed by atoms with van der Waals surface area (Å²) in [7, 11) is 101. The lowest BCUT2D eigenvalue weighted by molar-refractivity contribution is 1.08. The Hall–Kier alpha value is -5.48. The van der Waals surface area contributed by atoms with Crippen LogP contribution < -0.4 is 81.9 Å². The number of fused-ring (bicyclic) bond motifs is 3. The molecule has 0 spiro atoms. The van der Waals surface area contributed by atoms with Crippen LogP contribution in [0.25, 0.3) is 78.7 Å². The Morgan fingerprint density at radius 2 is 0.547 bits per heavy atom. The SMILES string of the molecule is [B]c1c([B])c([B])c(-c2c([B])c([B])c([B])c3c2-c2c([B])c([B])c(-c4c([B])c([B])c(-c5nc(-c6ccccc6)nc(-c6ccc(-c7ccccc7)cc6)n5)c([B])c4[B])c([B])c2C3)c([B])c1[B]. The summed E-state index contributed by atoms with van der Waals surface area (Å²) in [5, 5.41) is 0. The zero-order chi connectivity index (χ0) is 45.6. The molecular weight excluding hydrogens is 757 g/mol. The topological polar surface area (TPSA) is 38.7 Å². The highest BCUT2D eigenvalue weighted by atomic mass is 15.0. The number of benzene rings is 7. The van der Waals surface area contributed by atoms with Crippen molar-refractivity contribution in [1.29, 1.82) is 0 Å². The molecule has 8 aromatic rings. The lowest BCUT2D eigenvalue weighted by Gasteiger charge is -2.29. The van der Waals surface area contributed by atoms with E-state index in [1.807, 2.05) is 84.9 Å². The summed E-state index contributed by atoms with van der Waals surface area (Å²) in [4.78, 5) is 14.6. The first-order valence-electron chi connectivity index (χ1n) is 19.8. The van der Waals surface area contributed by atoms with E-state index in [1.165, 1.54) is 0 Å². The van der Waals surface area contributed by atoms with Gasteiger partial charge in [0, 0.05) is 16.7 Å². The minimum atomic E-state index is -0.00698. The molecule has 3 nitrogen and oxygen atoms in total. The third-order valence-electron chi connectivity index (χ3n) is 12.1. The largest absolute Gasteiger partial charge is 0.208 e. The quantitative estimate of drug-likeness (QED) is 0.158. The lowest BCUT2D eigenvalue weighted by atomic mass is 9.57. The lowest BCUT2D eigenvalue weighted by Crippen LogP contribution is -2.56. The fraction of sp³-hybridized carbons (Fsp3) is 0.0217. The molecule has 0 unspecified atom stereocenters. The van der Waals surface area contributed by atoms with Gasteiger partial charge in [-0.2, -0.15) is 0 Å². The number of hydrogen-bond donors (Lipinski definition) is 0. The molecule has 0 saturated heterocycles. The van der Waals surface area contributed by atoms with E-state index in [1.54, 1.807) is 0 Å². The van der Waals surface area contributed by atoms with Crippen molar-refractivity contribution in [3.63, 3.8) is 0 Å². The first-order valence-corrected chi connectivity index (χ1v) is 19.8. The fourth-order valence-electron chi connectivity index (χ4n) is 8.59. The normalized spacial score (nSPS) is 11.7. The summed E-state index contributed by atoms with van der Waals surface area (Å²) in [5.74, 6) is 0.845. The van der Waals surface area contributed by atoms with E-state index in [-0.39, 0.29) is 122 Å². The number of aromatic nitrogens is 3. The molecule has 0 fully saturated rings. The molecule has 30 radical (unpaired) electrons. The van der Waals surface area contributed by atoms with Crippen LogP contribution in [0.2, 0.25) is 0 Å². The van der Waals surface area contributed by atoms with Crippen LogP contribution in [0.15, 0.2) is 84.9 Å². The van der Waals surface area contributed by atoms with Gasteiger partial charge in [-0.1, -0.05) is 145 Å². The van der Waals surface area contributed by atoms with Gasteiger partial charge in [-0.3, -0.25) is 0 Å². The van der Waals surface area contributed by atoms with Crippen LogP contribution in [0.4, 0.5) is 0 Å². The first kappa shape index (κ1) is 43.8. The molecule has 9 rings (SSSR count). The second kappa shape index (κ2) is 16.5. The molecule has 260 valence electrons. The van der Waals surface area contributed by atoms with Crippen molar-refractivity contribution in [2.75, 3.05) is 0 Å². The van der Waals surface area contributed by atoms with Crippen molar-refractivity contribution in [2.24, 2.45) is 0 Å². The maximum atomic E-state index is 7.09. The van der Waals surface area contributed by atoms with Crippen molar-refractivity contribution in [3.8, 4) is 78.7 Å². The van der Waals surface area contributed by atoms with Crippen molar-refractivity contribution in [1.82, 2.24) is 15.0 Å². The van der Waals surface area contributed by atoms with Crippen LogP contribution in [0.1, 0.15) is 11.1 Å². The molecule has 1 aliphatic carbocycles. The van der Waals surface area contributed by atoms with E-state index in [4.69, 9.17) is 133 Å². The van der Waals surface area contributed by atoms with Crippen LogP contribution in [-0.4, -0.2) is 133 Å². The molecule has 18 heteroatoms. The van der Waals surface area contributed by atoms with Gasteiger partial charge in [0.05, 0.1) is 0 Å². The van der Waals surface area contributed by atoms with Gasteiger partial charge in [0.15, 0.2) is 17.5 Å². The molecule has 0 saturated carbocycles. The molecule has 1 heterocycles. The van der Waals surface area contributed by atoms with Crippen molar-refractivity contribution < 1.29 is 0 Å². The summed E-state index contributed by atoms with van der Waals surface area (Å²) in [5.41, 5.74) is 6.85. The van der Waals surface area contributed by atoms with E-state index in [9.17, 15) is 0 Å². The fourth-order valence-corrected chi connectivity index (χ4v) is 8.59. The number of rotatable bonds is 6. The third kappa shape index (κ3) is 6.76. The zero-order valence-electron chi connectivity index (χ0n) is 34.3. The molecule has 0 bridgehead atoms. The molecule has 1 aliphatic rings. The smallest absolute Gasteiger partial charge is 0.164 e. The van der Waals surface area contributed by atoms with E-state index >= 15 is 0 Å². The van der Waals surface area contributed by atoms with E-state index in [0.717, 1.165) is 16.7 Å². The van der Waals surface area contributed by atoms with Crippen LogP contribution in [-0.2, 0) is 6.42 Å². The highest BCUT2D eigenvalue weighted by Gasteiger charge is 2.33. The summed E-state index contributed by atoms with van der Waals surface area (Å²) >= 11 is 0. The molecule has 0 atom stereocenters. The van der Waals surface area contributed by atoms with Crippen molar-refractivity contribution in [2.45, 2.75) is 6.42 Å². The van der Waals surface area contributed by atoms with Gasteiger partial charge in [0.1, 0.15) is 118 Å². The van der Waals surface area contributed by atoms with Gasteiger partial charge in [0.2, 0.25) is 0 Å². The van der Waals surface area contributed by atoms with Gasteiger partial charge in [-0.05, 0) is 62.1 Å². The molecule has 0 N–H and O–H groups in total. The van der Waals surface area contributed by atoms with E-state index in [2.05, 4.69) is 0 Å². The predicted octanol–water partition coefficient (Wildman–Crippen LogP) is -6.65. The summed E-state index contributed by atoms with van der Waals surface area (Å²) in [6, 6.07) is 27.3. The second-order valence-electron chi connectivity index (χ2n) is 15.6. The van der Waals surface area contributed by atoms with Crippen molar-refractivity contribution in [3.05, 3.63) is 96.1 Å². The van der Waals surface area contributed by atoms with E-state index in [0.29, 0.717) is 39.5 Å². The van der Waals surface area contributed by atoms with Gasteiger partial charge in [0.25, 0.3) is 0 Å². The molecule has 0 amide bonds. The molecule has 64 heavy (non-hydrogen) atoms. The maximum Gasteiger partial charge on any atom is 0.164 e. The summed E-state index contributed by atoms with van der Waals surface area (Å²) in [6.45, 7) is 0. The minimum Gasteiger partial charge on any atom is -0.208 e. The van der Waals surface area contributed by atoms with Crippen LogP contribution in [0.3, 0.4) is 0 Å². The van der Waals surface area contributed by atoms with Crippen LogP contribution in [0.5, 0.6) is 0 Å². The highest BCUT2D eigenvalue weighted by molar-refractivity contribution is 6.70. The molecular formula is C46H16B15N3. The Morgan fingerprint density at radius 3 is 1.08 bits per heavy atom. The third-order valence-corrected chi connectivity index (χ3v) is 12.1. The second-order valence-corrected chi connectivity index (χ2v) is 15.6. The first-order chi connectivity index (χ1) is 30.5. The Bertz CT molecular complexity index is 3230. The Labute approximate surface area is 393 Å². The Morgan fingerprint density at radius 1 is 0.234 bits per heavy atom. The van der Waals surface area contributed by atoms with Crippen LogP contribution in [0, 0.1) is 0 Å². The summed E-state index contributed by atoms with van der Waals surface area (Å²) < 4.78 is 0. The molecule has 1 aromatic heterocycles. The minimum absolute atomic E-state index is 0.000920. The predicted molar refractivity (Wildman–Crippen MR) is 282 cm³/mol. The maximum absolute atomic E-state index is 7.09. The standard InChI is InChI=1S/C46H16B15N3/c47-29-21-15-20-22(24(32(50)40(58)30(20)48)25-36(54)41(59)43(61)42(60)37(25)55)23(21)31(49)33(51)26(29)27-34(52)38(56)28(39(57)35(27)53)46-63-44(18-9-5-2-6-10-18)62-45(64-46)19-13-11-17(12-14-19)16-7-3-1-4-8-16/h1-14H,15H2.